The number of ether oxygens (including phenoxy) is 1. The highest BCUT2D eigenvalue weighted by atomic mass is 35.5. The fraction of sp³-hybridized carbons (Fsp3) is 0.600. The van der Waals surface area contributed by atoms with E-state index in [0.717, 1.165) is 36.8 Å². The zero-order valence-electron chi connectivity index (χ0n) is 16.8. The highest BCUT2D eigenvalue weighted by Crippen LogP contribution is 2.33. The van der Waals surface area contributed by atoms with Crippen LogP contribution in [0.3, 0.4) is 0 Å². The number of halogens is 1. The summed E-state index contributed by atoms with van der Waals surface area (Å²) >= 11 is 6.10. The van der Waals surface area contributed by atoms with Crippen LogP contribution in [-0.4, -0.2) is 41.3 Å². The molecule has 1 aromatic rings. The maximum Gasteiger partial charge on any atom is 0.414 e. The van der Waals surface area contributed by atoms with Crippen molar-refractivity contribution in [2.75, 3.05) is 13.2 Å². The molecule has 1 aromatic carbocycles. The van der Waals surface area contributed by atoms with Crippen LogP contribution in [0.5, 0.6) is 5.75 Å². The largest absolute Gasteiger partial charge is 0.493 e. The molecule has 6 nitrogen and oxygen atoms in total. The first-order valence-electron chi connectivity index (χ1n) is 9.11. The van der Waals surface area contributed by atoms with Crippen molar-refractivity contribution in [2.45, 2.75) is 65.3 Å². The van der Waals surface area contributed by atoms with Gasteiger partial charge in [-0.25, -0.2) is 9.59 Å². The number of hydrogen-bond donors (Lipinski definition) is 3. The third kappa shape index (κ3) is 11.5. The molecule has 0 aliphatic heterocycles. The summed E-state index contributed by atoms with van der Waals surface area (Å²) in [7, 11) is 0. The second-order valence-corrected chi connectivity index (χ2v) is 7.76. The van der Waals surface area contributed by atoms with Crippen molar-refractivity contribution in [1.82, 2.24) is 5.32 Å². The number of unbranched alkanes of at least 4 members (excludes halogenated alkanes) is 1. The number of nitrogens with one attached hydrogen (secondary N) is 1. The number of carbonyl (C=O) groups is 2. The minimum Gasteiger partial charge on any atom is -0.493 e. The van der Waals surface area contributed by atoms with Crippen molar-refractivity contribution in [3.05, 3.63) is 28.8 Å². The molecule has 3 N–H and O–H groups in total. The van der Waals surface area contributed by atoms with E-state index in [0.29, 0.717) is 6.04 Å². The quantitative estimate of drug-likeness (QED) is 0.443. The van der Waals surface area contributed by atoms with Gasteiger partial charge in [-0.3, -0.25) is 0 Å². The molecule has 1 rings (SSSR count). The summed E-state index contributed by atoms with van der Waals surface area (Å²) in [4.78, 5) is 18.2. The normalized spacial score (nSPS) is 11.9. The molecule has 0 aliphatic rings. The molecule has 0 bridgehead atoms. The van der Waals surface area contributed by atoms with E-state index in [2.05, 4.69) is 39.9 Å². The number of carboxylic acids is 2. The molecule has 154 valence electrons. The summed E-state index contributed by atoms with van der Waals surface area (Å²) in [6, 6.07) is 6.51. The SMILES string of the molecule is CCC(C)NCCCCOc1ccc(Cl)cc1C(C)(C)C.O=C(O)C(=O)O. The van der Waals surface area contributed by atoms with Crippen LogP contribution in [-0.2, 0) is 15.0 Å². The smallest absolute Gasteiger partial charge is 0.414 e. The van der Waals surface area contributed by atoms with E-state index in [-0.39, 0.29) is 5.41 Å². The maximum atomic E-state index is 9.10. The highest BCUT2D eigenvalue weighted by Gasteiger charge is 2.19. The van der Waals surface area contributed by atoms with Crippen LogP contribution in [0.25, 0.3) is 0 Å². The fourth-order valence-electron chi connectivity index (χ4n) is 2.12. The Labute approximate surface area is 166 Å². The number of aliphatic carboxylic acids is 2. The molecule has 0 spiro atoms. The summed E-state index contributed by atoms with van der Waals surface area (Å²) in [5.74, 6) is -2.69. The number of carboxylic acid groups (broad SMARTS) is 2. The third-order valence-electron chi connectivity index (χ3n) is 3.87. The lowest BCUT2D eigenvalue weighted by atomic mass is 9.86. The Morgan fingerprint density at radius 2 is 1.78 bits per heavy atom. The van der Waals surface area contributed by atoms with Gasteiger partial charge in [0.25, 0.3) is 0 Å². The summed E-state index contributed by atoms with van der Waals surface area (Å²) in [5, 5.41) is 19.1. The molecule has 0 fully saturated rings. The second kappa shape index (κ2) is 12.6. The van der Waals surface area contributed by atoms with E-state index in [4.69, 9.17) is 36.1 Å². The Bertz CT molecular complexity index is 587. The molecule has 0 saturated heterocycles. The van der Waals surface area contributed by atoms with E-state index in [1.807, 2.05) is 18.2 Å². The van der Waals surface area contributed by atoms with Gasteiger partial charge in [-0.05, 0) is 56.3 Å². The first-order chi connectivity index (χ1) is 12.5. The van der Waals surface area contributed by atoms with E-state index in [9.17, 15) is 0 Å². The summed E-state index contributed by atoms with van der Waals surface area (Å²) in [5.41, 5.74) is 1.21. The zero-order chi connectivity index (χ0) is 21.0. The number of rotatable bonds is 8. The van der Waals surface area contributed by atoms with Gasteiger partial charge >= 0.3 is 11.9 Å². The van der Waals surface area contributed by atoms with Crippen LogP contribution in [0.4, 0.5) is 0 Å². The molecule has 0 aromatic heterocycles. The van der Waals surface area contributed by atoms with Gasteiger partial charge in [0.05, 0.1) is 6.61 Å². The molecular formula is C20H32ClNO5. The van der Waals surface area contributed by atoms with E-state index >= 15 is 0 Å². The Balaban J connectivity index is 0.000000972. The van der Waals surface area contributed by atoms with Crippen molar-refractivity contribution in [1.29, 1.82) is 0 Å². The first kappa shape index (κ1) is 25.2. The molecule has 0 heterocycles. The fourth-order valence-corrected chi connectivity index (χ4v) is 2.29. The average Bonchev–Trinajstić information content (AvgIpc) is 2.58. The maximum absolute atomic E-state index is 9.10. The van der Waals surface area contributed by atoms with Gasteiger partial charge in [-0.2, -0.15) is 0 Å². The third-order valence-corrected chi connectivity index (χ3v) is 4.10. The van der Waals surface area contributed by atoms with Crippen LogP contribution in [0.1, 0.15) is 59.4 Å². The van der Waals surface area contributed by atoms with Crippen LogP contribution in [0.15, 0.2) is 18.2 Å². The molecule has 7 heteroatoms. The molecular weight excluding hydrogens is 370 g/mol. The molecule has 0 aliphatic carbocycles. The first-order valence-corrected chi connectivity index (χ1v) is 9.49. The van der Waals surface area contributed by atoms with Gasteiger partial charge in [-0.1, -0.05) is 39.3 Å². The molecule has 0 saturated carbocycles. The van der Waals surface area contributed by atoms with Gasteiger partial charge in [0, 0.05) is 16.6 Å². The van der Waals surface area contributed by atoms with E-state index < -0.39 is 11.9 Å². The van der Waals surface area contributed by atoms with Crippen molar-refractivity contribution in [3.63, 3.8) is 0 Å². The standard InChI is InChI=1S/C18H30ClNO.C2H2O4/c1-6-14(2)20-11-7-8-12-21-17-10-9-15(19)13-16(17)18(3,4)5;3-1(4)2(5)6/h9-10,13-14,20H,6-8,11-12H2,1-5H3;(H,3,4)(H,5,6). The van der Waals surface area contributed by atoms with Crippen molar-refractivity contribution < 1.29 is 24.5 Å². The lowest BCUT2D eigenvalue weighted by Crippen LogP contribution is -2.26. The molecule has 1 atom stereocenters. The lowest BCUT2D eigenvalue weighted by molar-refractivity contribution is -0.159. The summed E-state index contributed by atoms with van der Waals surface area (Å²) < 4.78 is 5.97. The summed E-state index contributed by atoms with van der Waals surface area (Å²) in [6.07, 6.45) is 3.38. The van der Waals surface area contributed by atoms with Crippen molar-refractivity contribution in [2.24, 2.45) is 0 Å². The van der Waals surface area contributed by atoms with Crippen LogP contribution >= 0.6 is 11.6 Å². The molecule has 0 amide bonds. The van der Waals surface area contributed by atoms with Gasteiger partial charge in [-0.15, -0.1) is 0 Å². The molecule has 27 heavy (non-hydrogen) atoms. The van der Waals surface area contributed by atoms with Crippen molar-refractivity contribution >= 4 is 23.5 Å². The Morgan fingerprint density at radius 3 is 2.26 bits per heavy atom. The van der Waals surface area contributed by atoms with Gasteiger partial charge in [0.15, 0.2) is 0 Å². The number of hydrogen-bond acceptors (Lipinski definition) is 4. The minimum absolute atomic E-state index is 0.0400. The zero-order valence-corrected chi connectivity index (χ0v) is 17.6. The van der Waals surface area contributed by atoms with Crippen molar-refractivity contribution in [3.8, 4) is 5.75 Å². The minimum atomic E-state index is -1.82. The average molecular weight is 402 g/mol. The predicted molar refractivity (Wildman–Crippen MR) is 108 cm³/mol. The van der Waals surface area contributed by atoms with Gasteiger partial charge < -0.3 is 20.3 Å². The Hall–Kier alpha value is -1.79. The van der Waals surface area contributed by atoms with Gasteiger partial charge in [0.2, 0.25) is 0 Å². The molecule has 1 unspecified atom stereocenters. The van der Waals surface area contributed by atoms with Crippen LogP contribution in [0, 0.1) is 0 Å². The topological polar surface area (TPSA) is 95.9 Å². The second-order valence-electron chi connectivity index (χ2n) is 7.32. The van der Waals surface area contributed by atoms with Crippen LogP contribution in [0.2, 0.25) is 5.02 Å². The van der Waals surface area contributed by atoms with Crippen LogP contribution < -0.4 is 10.1 Å². The predicted octanol–water partition coefficient (Wildman–Crippen LogP) is 4.34. The lowest BCUT2D eigenvalue weighted by Gasteiger charge is -2.23. The van der Waals surface area contributed by atoms with E-state index in [1.54, 1.807) is 0 Å². The Morgan fingerprint density at radius 1 is 1.19 bits per heavy atom. The molecule has 0 radical (unpaired) electrons. The monoisotopic (exact) mass is 401 g/mol. The number of benzene rings is 1. The van der Waals surface area contributed by atoms with Gasteiger partial charge in [0.1, 0.15) is 5.75 Å². The van der Waals surface area contributed by atoms with E-state index in [1.165, 1.54) is 12.0 Å². The Kier molecular flexibility index (Phi) is 11.7. The highest BCUT2D eigenvalue weighted by molar-refractivity contribution is 6.30. The summed E-state index contributed by atoms with van der Waals surface area (Å²) in [6.45, 7) is 12.8.